The molecule has 0 N–H and O–H groups in total. The van der Waals surface area contributed by atoms with Gasteiger partial charge >= 0.3 is 0 Å². The highest BCUT2D eigenvalue weighted by atomic mass is 16.4. The van der Waals surface area contributed by atoms with E-state index in [1.54, 1.807) is 31.0 Å². The molecule has 20 aromatic rings. The number of hydrogen-bond acceptors (Lipinski definition) is 20. The third-order valence-corrected chi connectivity index (χ3v) is 28.7. The van der Waals surface area contributed by atoms with E-state index in [-0.39, 0.29) is 30.8 Å². The van der Waals surface area contributed by atoms with Crippen molar-refractivity contribution in [3.63, 3.8) is 0 Å². The van der Waals surface area contributed by atoms with Crippen LogP contribution in [0.1, 0.15) is 123 Å². The smallest absolute Gasteiger partial charge is 0.227 e. The lowest BCUT2D eigenvalue weighted by atomic mass is 10.1. The van der Waals surface area contributed by atoms with Crippen LogP contribution < -0.4 is 49.0 Å². The van der Waals surface area contributed by atoms with E-state index >= 15 is 0 Å². The van der Waals surface area contributed by atoms with Crippen molar-refractivity contribution in [1.29, 1.82) is 0 Å². The molecule has 6 aliphatic rings. The van der Waals surface area contributed by atoms with Gasteiger partial charge in [0.05, 0.1) is 85.3 Å². The molecule has 20 nitrogen and oxygen atoms in total. The number of para-hydroxylation sites is 10. The Labute approximate surface area is 786 Å². The number of hydrogen-bond donors (Lipinski definition) is 0. The first-order valence-electron chi connectivity index (χ1n) is 47.8. The third-order valence-electron chi connectivity index (χ3n) is 28.7. The predicted molar refractivity (Wildman–Crippen MR) is 557 cm³/mol. The van der Waals surface area contributed by atoms with Crippen molar-refractivity contribution in [3.8, 4) is 0 Å². The van der Waals surface area contributed by atoms with E-state index in [0.29, 0.717) is 46.6 Å². The summed E-state index contributed by atoms with van der Waals surface area (Å²) in [5.74, 6) is 0.586. The van der Waals surface area contributed by atoms with Crippen molar-refractivity contribution in [2.45, 2.75) is 172 Å². The molecule has 20 heteroatoms. The number of benzene rings is 10. The van der Waals surface area contributed by atoms with Crippen LogP contribution in [0.5, 0.6) is 0 Å². The zero-order chi connectivity index (χ0) is 92.6. The van der Waals surface area contributed by atoms with Crippen molar-refractivity contribution in [2.75, 3.05) is 69.1 Å². The van der Waals surface area contributed by atoms with Gasteiger partial charge in [-0.3, -0.25) is 0 Å². The van der Waals surface area contributed by atoms with E-state index in [9.17, 15) is 0 Å². The summed E-state index contributed by atoms with van der Waals surface area (Å²) < 4.78 is 31.3. The standard InChI is InChI=1S/C25H25N3O.C24H25N3O.C23H23N3O.C22H21N3O.C21H19N3O/c1-16-13-14-19-20-10-7-15-26-25(20)29-24(19)23(16)28-17(2)27(18-8-3-4-9-18)21-11-5-6-12-22(21)28;1-15(2)14-26-17(4)27(21-10-6-5-9-20(21)26)22-16(3)11-12-18-19-8-7-13-25-24(19)28-23(18)22;1-14(2)25-16(4)26(20-10-6-5-9-19(20)25)21-15(3)11-12-17-18-8-7-13-24-23(18)27-22(17)21;1-4-24-15(3)25(19-10-6-5-9-18(19)24)20-14(2)11-12-16-17-8-7-13-23-22(17)26-21(16)20;1-13-10-11-15-16-7-6-12-22-21(16)25-20(15)19(13)24-14(2)23(3)17-8-4-5-9-18(17)24/h5-7,10-15,17-18H,3-4,8-9H2,1-2H3;5-13,15,17H,14H2,1-4H3;5-14,16H,1-4H3;5-13,15H,4H2,1-3H3;4-12,14H,1-3H3/t2*17-;16-;15-;14-/m00000/s1. The first-order valence-corrected chi connectivity index (χ1v) is 47.8. The molecule has 15 heterocycles. The van der Waals surface area contributed by atoms with E-state index in [0.717, 1.165) is 118 Å². The van der Waals surface area contributed by atoms with Crippen molar-refractivity contribution >= 4 is 196 Å². The molecule has 10 aromatic heterocycles. The molecule has 10 aromatic carbocycles. The summed E-state index contributed by atoms with van der Waals surface area (Å²) in [6, 6.07) is 86.2. The second-order valence-electron chi connectivity index (χ2n) is 37.6. The number of aryl methyl sites for hydroxylation is 5. The lowest BCUT2D eigenvalue weighted by Gasteiger charge is -2.35. The number of rotatable bonds is 10. The lowest BCUT2D eigenvalue weighted by Crippen LogP contribution is -2.44. The monoisotopic (exact) mass is 1780 g/mol. The van der Waals surface area contributed by atoms with Crippen LogP contribution in [0.25, 0.3) is 110 Å². The largest absolute Gasteiger partial charge is 0.435 e. The van der Waals surface area contributed by atoms with Crippen LogP contribution in [0.2, 0.25) is 0 Å². The van der Waals surface area contributed by atoms with Crippen molar-refractivity contribution < 1.29 is 22.1 Å². The second kappa shape index (κ2) is 34.2. The van der Waals surface area contributed by atoms with Gasteiger partial charge in [-0.25, -0.2) is 24.9 Å². The van der Waals surface area contributed by atoms with Crippen molar-refractivity contribution in [2.24, 2.45) is 5.92 Å². The fraction of sp³-hybridized carbons (Fsp3) is 0.261. The van der Waals surface area contributed by atoms with Gasteiger partial charge in [0.2, 0.25) is 28.6 Å². The molecular formula is C115H113N15O5. The Bertz CT molecular complexity index is 7960. The normalized spacial score (nSPS) is 17.3. The number of anilines is 15. The Morgan fingerprint density at radius 3 is 0.904 bits per heavy atom. The Morgan fingerprint density at radius 1 is 0.289 bits per heavy atom. The van der Waals surface area contributed by atoms with Gasteiger partial charge in [-0.15, -0.1) is 0 Å². The SMILES string of the molecule is CCN1c2ccccc2N(c2c(C)ccc3c2oc2ncccc23)[C@H]1C.Cc1ccc2c(oc3ncccc32)c1N1c2ccccc2N(C(C)C)[C@@H]1C.Cc1ccc2c(oc3ncccc32)c1N1c2ccccc2N(C)[C@@H]1C.Cc1ccc2c(oc3ncccc32)c1N1c2ccccc2N(C2CCCC2)[C@@H]1C.Cc1ccc2c(oc3ncccc32)c1N1c2ccccc2N(CC(C)C)[C@@H]1C. The highest BCUT2D eigenvalue weighted by molar-refractivity contribution is 6.15. The molecule has 5 atom stereocenters. The Balaban J connectivity index is 0.0000000981. The molecule has 678 valence electrons. The molecule has 0 amide bonds. The maximum Gasteiger partial charge on any atom is 0.227 e. The third kappa shape index (κ3) is 14.0. The number of aromatic nitrogens is 5. The second-order valence-corrected chi connectivity index (χ2v) is 37.6. The van der Waals surface area contributed by atoms with E-state index in [2.05, 4.69) is 397 Å². The molecule has 1 saturated carbocycles. The van der Waals surface area contributed by atoms with Crippen molar-refractivity contribution in [1.82, 2.24) is 24.9 Å². The summed E-state index contributed by atoms with van der Waals surface area (Å²) in [6.07, 6.45) is 15.3. The fourth-order valence-electron chi connectivity index (χ4n) is 22.6. The topological polar surface area (TPSA) is 163 Å². The van der Waals surface area contributed by atoms with Gasteiger partial charge in [0, 0.05) is 117 Å². The van der Waals surface area contributed by atoms with Gasteiger partial charge in [0.1, 0.15) is 30.8 Å². The van der Waals surface area contributed by atoms with Gasteiger partial charge in [0.25, 0.3) is 0 Å². The molecule has 135 heavy (non-hydrogen) atoms. The molecule has 5 aliphatic heterocycles. The summed E-state index contributed by atoms with van der Waals surface area (Å²) in [5.41, 5.74) is 32.4. The fourth-order valence-corrected chi connectivity index (χ4v) is 22.6. The van der Waals surface area contributed by atoms with Crippen LogP contribution >= 0.6 is 0 Å². The summed E-state index contributed by atoms with van der Waals surface area (Å²) in [6.45, 7) is 35.4. The van der Waals surface area contributed by atoms with Gasteiger partial charge in [-0.05, 0) is 258 Å². The number of furan rings is 5. The Hall–Kier alpha value is -15.1. The molecule has 26 rings (SSSR count). The quantitative estimate of drug-likeness (QED) is 0.127. The molecule has 0 spiro atoms. The minimum Gasteiger partial charge on any atom is -0.435 e. The number of nitrogens with zero attached hydrogens (tertiary/aromatic N) is 15. The lowest BCUT2D eigenvalue weighted by molar-refractivity contribution is 0.553. The van der Waals surface area contributed by atoms with Gasteiger partial charge < -0.3 is 71.1 Å². The molecule has 0 radical (unpaired) electrons. The Morgan fingerprint density at radius 2 is 0.563 bits per heavy atom. The first-order chi connectivity index (χ1) is 65.7. The molecule has 0 unspecified atom stereocenters. The molecule has 0 bridgehead atoms. The molecule has 1 aliphatic carbocycles. The van der Waals surface area contributed by atoms with Gasteiger partial charge in [-0.1, -0.05) is 148 Å². The first kappa shape index (κ1) is 85.4. The maximum absolute atomic E-state index is 6.33. The van der Waals surface area contributed by atoms with Crippen LogP contribution in [0.15, 0.2) is 296 Å². The summed E-state index contributed by atoms with van der Waals surface area (Å²) in [5, 5.41) is 10.9. The highest BCUT2D eigenvalue weighted by Gasteiger charge is 2.44. The Kier molecular flexibility index (Phi) is 21.6. The minimum absolute atomic E-state index is 0.202. The van der Waals surface area contributed by atoms with Gasteiger partial charge in [0.15, 0.2) is 27.9 Å². The van der Waals surface area contributed by atoms with E-state index in [4.69, 9.17) is 22.1 Å². The highest BCUT2D eigenvalue weighted by Crippen LogP contribution is 2.56. The number of pyridine rings is 5. The van der Waals surface area contributed by atoms with Crippen LogP contribution in [-0.2, 0) is 0 Å². The van der Waals surface area contributed by atoms with Crippen LogP contribution in [0, 0.1) is 40.5 Å². The van der Waals surface area contributed by atoms with Crippen LogP contribution in [-0.4, -0.2) is 88.0 Å². The minimum atomic E-state index is 0.202. The maximum atomic E-state index is 6.33. The molecule has 1 fully saturated rings. The zero-order valence-corrected chi connectivity index (χ0v) is 79.6. The average Bonchev–Trinajstić information content (AvgIpc) is 1.59. The zero-order valence-electron chi connectivity index (χ0n) is 79.6. The van der Waals surface area contributed by atoms with E-state index < -0.39 is 0 Å². The van der Waals surface area contributed by atoms with Crippen LogP contribution in [0.4, 0.5) is 85.3 Å². The van der Waals surface area contributed by atoms with E-state index in [1.165, 1.54) is 116 Å². The summed E-state index contributed by atoms with van der Waals surface area (Å²) in [4.78, 5) is 46.6. The van der Waals surface area contributed by atoms with E-state index in [1.807, 2.05) is 30.3 Å². The van der Waals surface area contributed by atoms with Crippen molar-refractivity contribution in [3.05, 3.63) is 301 Å². The molecule has 0 saturated heterocycles. The average molecular weight is 1790 g/mol. The summed E-state index contributed by atoms with van der Waals surface area (Å²) >= 11 is 0. The number of fused-ring (bicyclic) bond motifs is 20. The van der Waals surface area contributed by atoms with Gasteiger partial charge in [-0.2, -0.15) is 0 Å². The van der Waals surface area contributed by atoms with Crippen LogP contribution in [0.3, 0.4) is 0 Å². The molecular weight excluding hydrogens is 1670 g/mol. The predicted octanol–water partition coefficient (Wildman–Crippen LogP) is 29.6. The summed E-state index contributed by atoms with van der Waals surface area (Å²) in [7, 11) is 2.14.